The molecule has 3 aromatic heterocycles. The van der Waals surface area contributed by atoms with Gasteiger partial charge in [-0.25, -0.2) is 0 Å². The average Bonchev–Trinajstić information content (AvgIpc) is 3.26. The van der Waals surface area contributed by atoms with Gasteiger partial charge in [0.2, 0.25) is 0 Å². The van der Waals surface area contributed by atoms with Gasteiger partial charge in [-0.05, 0) is 37.1 Å². The van der Waals surface area contributed by atoms with Crippen LogP contribution in [0.2, 0.25) is 0 Å². The number of hydrogen-bond donors (Lipinski definition) is 0. The van der Waals surface area contributed by atoms with Crippen LogP contribution in [-0.2, 0) is 6.42 Å². The van der Waals surface area contributed by atoms with Gasteiger partial charge in [-0.1, -0.05) is 43.3 Å². The Balaban J connectivity index is 2.07. The van der Waals surface area contributed by atoms with E-state index in [0.29, 0.717) is 0 Å². The van der Waals surface area contributed by atoms with Crippen LogP contribution < -0.4 is 0 Å². The van der Waals surface area contributed by atoms with Crippen molar-refractivity contribution in [3.63, 3.8) is 0 Å². The number of fused-ring (bicyclic) bond motifs is 7. The lowest BCUT2D eigenvalue weighted by molar-refractivity contribution is 0.669. The monoisotopic (exact) mass is 323 g/mol. The van der Waals surface area contributed by atoms with Crippen LogP contribution in [0, 0.1) is 6.92 Å². The number of para-hydroxylation sites is 2. The quantitative estimate of drug-likeness (QED) is 0.340. The van der Waals surface area contributed by atoms with Crippen molar-refractivity contribution >= 4 is 49.1 Å². The molecular formula is C23H17NO. The fourth-order valence-electron chi connectivity index (χ4n) is 4.68. The fraction of sp³-hybridized carbons (Fsp3) is 0.130. The number of aryl methyl sites for hydroxylation is 2. The van der Waals surface area contributed by atoms with Crippen LogP contribution >= 0.6 is 0 Å². The van der Waals surface area contributed by atoms with Crippen molar-refractivity contribution in [1.82, 2.24) is 4.40 Å². The molecule has 0 saturated heterocycles. The minimum atomic E-state index is 0.964. The van der Waals surface area contributed by atoms with E-state index in [4.69, 9.17) is 4.42 Å². The predicted molar refractivity (Wildman–Crippen MR) is 105 cm³/mol. The Labute approximate surface area is 144 Å². The van der Waals surface area contributed by atoms with Crippen molar-refractivity contribution in [2.45, 2.75) is 20.3 Å². The summed E-state index contributed by atoms with van der Waals surface area (Å²) in [4.78, 5) is 0. The number of furan rings is 1. The van der Waals surface area contributed by atoms with Gasteiger partial charge in [0.05, 0.1) is 11.0 Å². The van der Waals surface area contributed by atoms with Gasteiger partial charge in [0.15, 0.2) is 0 Å². The zero-order valence-electron chi connectivity index (χ0n) is 14.3. The first-order valence-corrected chi connectivity index (χ1v) is 8.87. The summed E-state index contributed by atoms with van der Waals surface area (Å²) in [6, 6.07) is 19.4. The number of nitrogens with zero attached hydrogens (tertiary/aromatic N) is 1. The van der Waals surface area contributed by atoms with E-state index in [9.17, 15) is 0 Å². The largest absolute Gasteiger partial charge is 0.456 e. The summed E-state index contributed by atoms with van der Waals surface area (Å²) in [6.07, 6.45) is 1.02. The van der Waals surface area contributed by atoms with Gasteiger partial charge >= 0.3 is 0 Å². The molecule has 0 aliphatic rings. The highest BCUT2D eigenvalue weighted by Crippen LogP contribution is 2.44. The molecular weight excluding hydrogens is 306 g/mol. The Morgan fingerprint density at radius 3 is 2.44 bits per heavy atom. The molecule has 0 unspecified atom stereocenters. The smallest absolute Gasteiger partial charge is 0.136 e. The second kappa shape index (κ2) is 4.34. The van der Waals surface area contributed by atoms with Gasteiger partial charge in [0.1, 0.15) is 11.2 Å². The standard InChI is InChI=1S/C23H17NO/c1-3-17-13(2)16-12-20-21(15-9-5-7-11-19(15)25-20)22-14-8-4-6-10-18(14)24(17)23(16)22/h4-12H,3H2,1-2H3. The highest BCUT2D eigenvalue weighted by molar-refractivity contribution is 6.31. The van der Waals surface area contributed by atoms with Crippen LogP contribution in [0.3, 0.4) is 0 Å². The third-order valence-electron chi connectivity index (χ3n) is 5.72. The fourth-order valence-corrected chi connectivity index (χ4v) is 4.68. The topological polar surface area (TPSA) is 17.6 Å². The van der Waals surface area contributed by atoms with E-state index in [0.717, 1.165) is 17.6 Å². The summed E-state index contributed by atoms with van der Waals surface area (Å²) in [7, 11) is 0. The molecule has 0 radical (unpaired) electrons. The van der Waals surface area contributed by atoms with Gasteiger partial charge in [0.25, 0.3) is 0 Å². The summed E-state index contributed by atoms with van der Waals surface area (Å²) >= 11 is 0. The molecule has 2 heteroatoms. The normalized spacial score (nSPS) is 12.6. The zero-order chi connectivity index (χ0) is 16.7. The molecule has 6 rings (SSSR count). The first-order valence-electron chi connectivity index (χ1n) is 8.87. The highest BCUT2D eigenvalue weighted by Gasteiger charge is 2.23. The molecule has 0 aliphatic carbocycles. The van der Waals surface area contributed by atoms with Crippen molar-refractivity contribution in [3.8, 4) is 0 Å². The SMILES string of the molecule is CCc1c(C)c2cc3oc4ccccc4c3c3c4ccccc4n1c23. The molecule has 0 N–H and O–H groups in total. The van der Waals surface area contributed by atoms with Crippen molar-refractivity contribution in [2.24, 2.45) is 0 Å². The molecule has 2 nitrogen and oxygen atoms in total. The molecule has 0 fully saturated rings. The average molecular weight is 323 g/mol. The Kier molecular flexibility index (Phi) is 2.31. The summed E-state index contributed by atoms with van der Waals surface area (Å²) in [5, 5.41) is 6.41. The third-order valence-corrected chi connectivity index (χ3v) is 5.72. The first-order chi connectivity index (χ1) is 12.3. The minimum Gasteiger partial charge on any atom is -0.456 e. The minimum absolute atomic E-state index is 0.964. The van der Waals surface area contributed by atoms with Gasteiger partial charge in [-0.15, -0.1) is 0 Å². The molecule has 6 aromatic rings. The molecule has 0 amide bonds. The second-order valence-electron chi connectivity index (χ2n) is 6.90. The van der Waals surface area contributed by atoms with Crippen LogP contribution in [-0.4, -0.2) is 4.40 Å². The van der Waals surface area contributed by atoms with Crippen molar-refractivity contribution in [3.05, 3.63) is 65.9 Å². The van der Waals surface area contributed by atoms with Crippen LogP contribution in [0.5, 0.6) is 0 Å². The Hall–Kier alpha value is -3.00. The lowest BCUT2D eigenvalue weighted by Crippen LogP contribution is -1.90. The van der Waals surface area contributed by atoms with Gasteiger partial charge in [0, 0.05) is 32.6 Å². The molecule has 0 atom stereocenters. The first kappa shape index (κ1) is 13.3. The third kappa shape index (κ3) is 1.42. The molecule has 0 aliphatic heterocycles. The van der Waals surface area contributed by atoms with Gasteiger partial charge < -0.3 is 8.82 Å². The molecule has 0 bridgehead atoms. The van der Waals surface area contributed by atoms with Crippen LogP contribution in [0.25, 0.3) is 49.1 Å². The van der Waals surface area contributed by atoms with Gasteiger partial charge in [-0.3, -0.25) is 0 Å². The predicted octanol–water partition coefficient (Wildman–Crippen LogP) is 6.45. The van der Waals surface area contributed by atoms with Crippen LogP contribution in [0.1, 0.15) is 18.2 Å². The van der Waals surface area contributed by atoms with E-state index >= 15 is 0 Å². The van der Waals surface area contributed by atoms with E-state index < -0.39 is 0 Å². The second-order valence-corrected chi connectivity index (χ2v) is 6.90. The van der Waals surface area contributed by atoms with Crippen molar-refractivity contribution in [1.29, 1.82) is 0 Å². The van der Waals surface area contributed by atoms with Crippen LogP contribution in [0.4, 0.5) is 0 Å². The number of hydrogen-bond acceptors (Lipinski definition) is 1. The number of benzene rings is 3. The number of aromatic nitrogens is 1. The Bertz CT molecular complexity index is 1430. The molecule has 120 valence electrons. The lowest BCUT2D eigenvalue weighted by Gasteiger charge is -2.00. The lowest BCUT2D eigenvalue weighted by atomic mass is 10.0. The van der Waals surface area contributed by atoms with E-state index in [1.165, 1.54) is 49.2 Å². The Morgan fingerprint density at radius 2 is 1.60 bits per heavy atom. The Morgan fingerprint density at radius 1 is 0.840 bits per heavy atom. The van der Waals surface area contributed by atoms with E-state index in [2.05, 4.69) is 66.8 Å². The maximum Gasteiger partial charge on any atom is 0.136 e. The van der Waals surface area contributed by atoms with Crippen molar-refractivity contribution < 1.29 is 4.42 Å². The molecule has 3 aromatic carbocycles. The summed E-state index contributed by atoms with van der Waals surface area (Å²) in [5.41, 5.74) is 7.36. The van der Waals surface area contributed by atoms with E-state index in [1.807, 2.05) is 6.07 Å². The summed E-state index contributed by atoms with van der Waals surface area (Å²) in [5.74, 6) is 0. The van der Waals surface area contributed by atoms with Crippen molar-refractivity contribution in [2.75, 3.05) is 0 Å². The molecule has 3 heterocycles. The summed E-state index contributed by atoms with van der Waals surface area (Å²) < 4.78 is 8.70. The van der Waals surface area contributed by atoms with Gasteiger partial charge in [-0.2, -0.15) is 0 Å². The van der Waals surface area contributed by atoms with E-state index in [-0.39, 0.29) is 0 Å². The maximum absolute atomic E-state index is 6.23. The molecule has 0 saturated carbocycles. The molecule has 25 heavy (non-hydrogen) atoms. The maximum atomic E-state index is 6.23. The van der Waals surface area contributed by atoms with Crippen LogP contribution in [0.15, 0.2) is 59.0 Å². The molecule has 0 spiro atoms. The highest BCUT2D eigenvalue weighted by atomic mass is 16.3. The zero-order valence-corrected chi connectivity index (χ0v) is 14.3. The summed E-state index contributed by atoms with van der Waals surface area (Å²) in [6.45, 7) is 4.48. The number of rotatable bonds is 1. The van der Waals surface area contributed by atoms with E-state index in [1.54, 1.807) is 0 Å².